The molecule has 0 unspecified atom stereocenters. The van der Waals surface area contributed by atoms with E-state index in [9.17, 15) is 4.79 Å². The van der Waals surface area contributed by atoms with Crippen LogP contribution in [0.2, 0.25) is 0 Å². The molecule has 0 heterocycles. The maximum Gasteiger partial charge on any atom is 2.00 e. The van der Waals surface area contributed by atoms with E-state index in [0.717, 1.165) is 0 Å². The molecule has 1 rings (SSSR count). The van der Waals surface area contributed by atoms with E-state index in [-0.39, 0.29) is 23.5 Å². The Labute approximate surface area is 101 Å². The Bertz CT molecular complexity index is 204. The second kappa shape index (κ2) is 18.9. The second-order valence-corrected chi connectivity index (χ2v) is 1.97. The molecule has 0 aliphatic rings. The topological polar surface area (TPSA) is 74.6 Å². The van der Waals surface area contributed by atoms with E-state index in [2.05, 4.69) is 13.0 Å². The Morgan fingerprint density at radius 2 is 1.67 bits per heavy atom. The zero-order valence-electron chi connectivity index (χ0n) is 7.81. The second-order valence-electron chi connectivity index (χ2n) is 1.80. The van der Waals surface area contributed by atoms with Gasteiger partial charge in [-0.2, -0.15) is 36.4 Å². The van der Waals surface area contributed by atoms with E-state index in [0.29, 0.717) is 0 Å². The summed E-state index contributed by atoms with van der Waals surface area (Å²) in [5.74, 6) is -0.856. The van der Waals surface area contributed by atoms with Crippen LogP contribution in [0.4, 0.5) is 0 Å². The van der Waals surface area contributed by atoms with Crippen molar-refractivity contribution in [3.63, 3.8) is 0 Å². The van der Waals surface area contributed by atoms with Gasteiger partial charge in [0.1, 0.15) is 0 Å². The van der Waals surface area contributed by atoms with Gasteiger partial charge >= 0.3 is 25.8 Å². The van der Waals surface area contributed by atoms with Crippen molar-refractivity contribution in [1.82, 2.24) is 0 Å². The fourth-order valence-corrected chi connectivity index (χ4v) is 0.342. The largest absolute Gasteiger partial charge is 2.00 e. The van der Waals surface area contributed by atoms with Gasteiger partial charge in [0, 0.05) is 0 Å². The van der Waals surface area contributed by atoms with E-state index in [1.165, 1.54) is 0 Å². The predicted octanol–water partition coefficient (Wildman–Crippen LogP) is 1.96. The molecule has 6 heteroatoms. The third-order valence-corrected chi connectivity index (χ3v) is 0.821. The molecule has 0 bridgehead atoms. The van der Waals surface area contributed by atoms with Crippen LogP contribution in [-0.2, 0) is 26.4 Å². The van der Waals surface area contributed by atoms with Crippen molar-refractivity contribution in [2.24, 2.45) is 0 Å². The number of carboxylic acids is 1. The first-order valence-electron chi connectivity index (χ1n) is 3.57. The molecule has 84 valence electrons. The molecule has 0 atom stereocenters. The van der Waals surface area contributed by atoms with Crippen molar-refractivity contribution in [3.05, 3.63) is 43.3 Å². The fourth-order valence-electron chi connectivity index (χ4n) is 0.342. The minimum Gasteiger partial charge on any atom is -0.483 e. The van der Waals surface area contributed by atoms with Gasteiger partial charge in [-0.3, -0.25) is 4.79 Å². The summed E-state index contributed by atoms with van der Waals surface area (Å²) in [7, 11) is -0.833. The van der Waals surface area contributed by atoms with Crippen LogP contribution >= 0.6 is 8.69 Å². The molecule has 0 aliphatic heterocycles. The zero-order valence-corrected chi connectivity index (χ0v) is 9.81. The molecule has 2 N–H and O–H groups in total. The normalized spacial score (nSPS) is 7.07. The smallest absolute Gasteiger partial charge is 0.483 e. The van der Waals surface area contributed by atoms with Gasteiger partial charge < -0.3 is 16.9 Å². The molecule has 0 saturated carbocycles. The molecule has 0 spiro atoms. The summed E-state index contributed by atoms with van der Waals surface area (Å²) in [5.41, 5.74) is 0. The molecule has 0 saturated heterocycles. The van der Waals surface area contributed by atoms with Crippen LogP contribution in [0.3, 0.4) is 0 Å². The molecule has 15 heavy (non-hydrogen) atoms. The van der Waals surface area contributed by atoms with Crippen LogP contribution in [-0.4, -0.2) is 16.0 Å². The summed E-state index contributed by atoms with van der Waals surface area (Å²) in [6.45, 7) is 3.09. The van der Waals surface area contributed by atoms with Crippen molar-refractivity contribution < 1.29 is 36.4 Å². The van der Waals surface area contributed by atoms with E-state index in [4.69, 9.17) is 14.6 Å². The summed E-state index contributed by atoms with van der Waals surface area (Å²) in [5, 5.41) is 7.66. The Hall–Kier alpha value is -0.731. The first-order valence-corrected chi connectivity index (χ1v) is 4.34. The van der Waals surface area contributed by atoms with Gasteiger partial charge in [-0.15, -0.1) is 0 Å². The molecular formula is C9H11FeO4P. The number of hydrogen-bond acceptors (Lipinski definition) is 2. The molecule has 1 aromatic carbocycles. The van der Waals surface area contributed by atoms with Gasteiger partial charge in [-0.1, -0.05) is 6.42 Å². The Morgan fingerprint density at radius 1 is 1.33 bits per heavy atom. The fraction of sp³-hybridized carbons (Fsp3) is 0.111. The number of carbonyl (C=O) groups is 1. The molecular weight excluding hydrogens is 259 g/mol. The molecule has 4 nitrogen and oxygen atoms in total. The maximum atomic E-state index is 9.31. The molecule has 0 fully saturated rings. The zero-order chi connectivity index (χ0) is 11.2. The first kappa shape index (κ1) is 19.8. The minimum absolute atomic E-state index is 0. The maximum absolute atomic E-state index is 9.31. The van der Waals surface area contributed by atoms with Crippen LogP contribution in [0.5, 0.6) is 0 Å². The average Bonchev–Trinajstić information content (AvgIpc) is 2.22. The average molecular weight is 270 g/mol. The van der Waals surface area contributed by atoms with Gasteiger partial charge in [0.2, 0.25) is 0 Å². The molecule has 0 radical (unpaired) electrons. The minimum atomic E-state index is -0.856. The molecule has 1 aromatic rings. The number of carboxylic acid groups (broad SMARTS) is 1. The summed E-state index contributed by atoms with van der Waals surface area (Å²) in [6.07, 6.45) is -0.0278. The van der Waals surface area contributed by atoms with Gasteiger partial charge in [-0.25, -0.2) is 4.57 Å². The van der Waals surface area contributed by atoms with Crippen LogP contribution in [0.1, 0.15) is 6.42 Å². The quantitative estimate of drug-likeness (QED) is 0.464. The monoisotopic (exact) mass is 270 g/mol. The Balaban J connectivity index is -0.000000148. The number of aliphatic carboxylic acids is 1. The number of rotatable bonds is 1. The van der Waals surface area contributed by atoms with Crippen molar-refractivity contribution in [2.45, 2.75) is 6.42 Å². The third kappa shape index (κ3) is 31.9. The summed E-state index contributed by atoms with van der Waals surface area (Å²) >= 11 is 0. The Morgan fingerprint density at radius 3 is 1.73 bits per heavy atom. The molecule has 0 aromatic heterocycles. The van der Waals surface area contributed by atoms with Gasteiger partial charge in [-0.05, 0) is 0 Å². The van der Waals surface area contributed by atoms with Crippen LogP contribution in [0.25, 0.3) is 0 Å². The van der Waals surface area contributed by atoms with Gasteiger partial charge in [0.15, 0.2) is 0 Å². The van der Waals surface area contributed by atoms with Crippen LogP contribution in [0.15, 0.2) is 30.3 Å². The van der Waals surface area contributed by atoms with Crippen molar-refractivity contribution >= 4 is 14.7 Å². The Kier molecular flexibility index (Phi) is 25.0. The summed E-state index contributed by atoms with van der Waals surface area (Å²) < 4.78 is 8.46. The van der Waals surface area contributed by atoms with Gasteiger partial charge in [0.05, 0.1) is 0 Å². The summed E-state index contributed by atoms with van der Waals surface area (Å²) in [4.78, 5) is 16.3. The van der Waals surface area contributed by atoms with E-state index in [1.807, 2.05) is 30.3 Å². The van der Waals surface area contributed by atoms with Crippen LogP contribution in [0, 0.1) is 13.0 Å². The van der Waals surface area contributed by atoms with Crippen molar-refractivity contribution in [3.8, 4) is 0 Å². The number of hydrogen-bond donors (Lipinski definition) is 2. The SMILES string of the molecule is O=PO.[CH2-]CC(=O)O.[Fe+2].[c-]1ccccc1. The van der Waals surface area contributed by atoms with Gasteiger partial charge in [0.25, 0.3) is 5.97 Å². The van der Waals surface area contributed by atoms with Crippen molar-refractivity contribution in [2.75, 3.05) is 0 Å². The molecule has 0 amide bonds. The van der Waals surface area contributed by atoms with E-state index >= 15 is 0 Å². The first-order chi connectivity index (χ1) is 6.68. The standard InChI is InChI=1S/C6H5.C3H5O2.Fe.HO2P/c1-2-4-6-5-3-1;1-2-3(4)5;;1-3-2/h1-5H;1-2H2,(H,4,5);;(H,1,2)/q2*-1;+2;. The van der Waals surface area contributed by atoms with E-state index in [1.54, 1.807) is 0 Å². The van der Waals surface area contributed by atoms with Crippen molar-refractivity contribution in [1.29, 1.82) is 0 Å². The van der Waals surface area contributed by atoms with Crippen LogP contribution < -0.4 is 0 Å². The summed E-state index contributed by atoms with van der Waals surface area (Å²) in [6, 6.07) is 12.5. The predicted molar refractivity (Wildman–Crippen MR) is 52.7 cm³/mol. The molecule has 0 aliphatic carbocycles. The van der Waals surface area contributed by atoms with E-state index < -0.39 is 14.7 Å². The third-order valence-electron chi connectivity index (χ3n) is 0.821. The number of benzene rings is 1.